The number of hydrogen-bond donors (Lipinski definition) is 1. The fourth-order valence-corrected chi connectivity index (χ4v) is 2.49. The van der Waals surface area contributed by atoms with Crippen LogP contribution in [0.3, 0.4) is 0 Å². The standard InChI is InChI=1S/C15H14Cl2FNO2/c1-20-13-4-2-3-9(14(13)18)8-21-15-10(7-19)5-11(16)6-12(15)17/h2-6H,7-8,19H2,1H3. The summed E-state index contributed by atoms with van der Waals surface area (Å²) in [5.74, 6) is 0.113. The lowest BCUT2D eigenvalue weighted by Crippen LogP contribution is -2.05. The summed E-state index contributed by atoms with van der Waals surface area (Å²) in [7, 11) is 1.41. The second-order valence-corrected chi connectivity index (χ2v) is 5.15. The Morgan fingerprint density at radius 3 is 2.62 bits per heavy atom. The molecule has 0 aliphatic carbocycles. The summed E-state index contributed by atoms with van der Waals surface area (Å²) in [5.41, 5.74) is 6.67. The average Bonchev–Trinajstić information content (AvgIpc) is 2.47. The molecule has 0 fully saturated rings. The van der Waals surface area contributed by atoms with Crippen molar-refractivity contribution < 1.29 is 13.9 Å². The summed E-state index contributed by atoms with van der Waals surface area (Å²) in [6.07, 6.45) is 0. The highest BCUT2D eigenvalue weighted by atomic mass is 35.5. The molecule has 0 aromatic heterocycles. The quantitative estimate of drug-likeness (QED) is 0.894. The maximum absolute atomic E-state index is 14.0. The Kier molecular flexibility index (Phi) is 5.28. The minimum atomic E-state index is -0.459. The van der Waals surface area contributed by atoms with Crippen LogP contribution in [0.1, 0.15) is 11.1 Å². The normalized spacial score (nSPS) is 10.5. The Morgan fingerprint density at radius 2 is 1.95 bits per heavy atom. The van der Waals surface area contributed by atoms with Crippen LogP contribution in [0.5, 0.6) is 11.5 Å². The van der Waals surface area contributed by atoms with Crippen molar-refractivity contribution in [3.05, 3.63) is 57.3 Å². The van der Waals surface area contributed by atoms with Gasteiger partial charge in [0.1, 0.15) is 12.4 Å². The van der Waals surface area contributed by atoms with Crippen LogP contribution in [0.2, 0.25) is 10.0 Å². The maximum Gasteiger partial charge on any atom is 0.171 e. The second kappa shape index (κ2) is 6.98. The Morgan fingerprint density at radius 1 is 1.19 bits per heavy atom. The highest BCUT2D eigenvalue weighted by molar-refractivity contribution is 6.35. The van der Waals surface area contributed by atoms with E-state index in [1.807, 2.05) is 0 Å². The molecule has 2 N–H and O–H groups in total. The Hall–Kier alpha value is -1.49. The van der Waals surface area contributed by atoms with E-state index in [1.54, 1.807) is 30.3 Å². The van der Waals surface area contributed by atoms with E-state index in [2.05, 4.69) is 0 Å². The van der Waals surface area contributed by atoms with Gasteiger partial charge in [-0.1, -0.05) is 35.3 Å². The molecule has 0 aliphatic heterocycles. The van der Waals surface area contributed by atoms with E-state index in [-0.39, 0.29) is 18.9 Å². The van der Waals surface area contributed by atoms with Gasteiger partial charge in [-0.3, -0.25) is 0 Å². The minimum Gasteiger partial charge on any atom is -0.494 e. The fourth-order valence-electron chi connectivity index (χ4n) is 1.90. The van der Waals surface area contributed by atoms with Crippen LogP contribution >= 0.6 is 23.2 Å². The molecule has 0 aliphatic rings. The van der Waals surface area contributed by atoms with Gasteiger partial charge in [-0.15, -0.1) is 0 Å². The van der Waals surface area contributed by atoms with Crippen LogP contribution in [0.25, 0.3) is 0 Å². The second-order valence-electron chi connectivity index (χ2n) is 4.30. The molecule has 6 heteroatoms. The zero-order valence-corrected chi connectivity index (χ0v) is 12.8. The van der Waals surface area contributed by atoms with Gasteiger partial charge >= 0.3 is 0 Å². The third kappa shape index (κ3) is 3.59. The molecule has 0 bridgehead atoms. The highest BCUT2D eigenvalue weighted by Gasteiger charge is 2.13. The third-order valence-electron chi connectivity index (χ3n) is 2.94. The molecule has 0 saturated heterocycles. The number of methoxy groups -OCH3 is 1. The fraction of sp³-hybridized carbons (Fsp3) is 0.200. The molecule has 2 aromatic rings. The van der Waals surface area contributed by atoms with Gasteiger partial charge in [0, 0.05) is 22.7 Å². The topological polar surface area (TPSA) is 44.5 Å². The van der Waals surface area contributed by atoms with Crippen molar-refractivity contribution in [3.8, 4) is 11.5 Å². The summed E-state index contributed by atoms with van der Waals surface area (Å²) in [5, 5.41) is 0.812. The lowest BCUT2D eigenvalue weighted by molar-refractivity contribution is 0.293. The van der Waals surface area contributed by atoms with Crippen LogP contribution in [-0.2, 0) is 13.2 Å². The van der Waals surface area contributed by atoms with E-state index in [1.165, 1.54) is 7.11 Å². The van der Waals surface area contributed by atoms with E-state index < -0.39 is 5.82 Å². The van der Waals surface area contributed by atoms with Crippen molar-refractivity contribution >= 4 is 23.2 Å². The molecule has 0 unspecified atom stereocenters. The van der Waals surface area contributed by atoms with Gasteiger partial charge in [0.05, 0.1) is 12.1 Å². The smallest absolute Gasteiger partial charge is 0.171 e. The molecule has 0 atom stereocenters. The van der Waals surface area contributed by atoms with Gasteiger partial charge in [0.25, 0.3) is 0 Å². The van der Waals surface area contributed by atoms with Crippen molar-refractivity contribution in [2.75, 3.05) is 7.11 Å². The number of hydrogen-bond acceptors (Lipinski definition) is 3. The van der Waals surface area contributed by atoms with Crippen LogP contribution < -0.4 is 15.2 Å². The van der Waals surface area contributed by atoms with E-state index in [4.69, 9.17) is 38.4 Å². The molecule has 3 nitrogen and oxygen atoms in total. The van der Waals surface area contributed by atoms with Gasteiger partial charge in [0.15, 0.2) is 11.6 Å². The van der Waals surface area contributed by atoms with E-state index in [0.717, 1.165) is 0 Å². The van der Waals surface area contributed by atoms with Gasteiger partial charge in [-0.25, -0.2) is 4.39 Å². The first-order valence-electron chi connectivity index (χ1n) is 6.19. The molecule has 0 amide bonds. The third-order valence-corrected chi connectivity index (χ3v) is 3.44. The minimum absolute atomic E-state index is 0.0113. The first-order chi connectivity index (χ1) is 10.1. The van der Waals surface area contributed by atoms with Gasteiger partial charge in [-0.05, 0) is 18.2 Å². The largest absolute Gasteiger partial charge is 0.494 e. The predicted molar refractivity (Wildman–Crippen MR) is 81.6 cm³/mol. The monoisotopic (exact) mass is 329 g/mol. The Bertz CT molecular complexity index is 650. The summed E-state index contributed by atoms with van der Waals surface area (Å²) in [4.78, 5) is 0. The molecular weight excluding hydrogens is 316 g/mol. The summed E-state index contributed by atoms with van der Waals surface area (Å²) in [6, 6.07) is 8.07. The first kappa shape index (κ1) is 15.9. The maximum atomic E-state index is 14.0. The van der Waals surface area contributed by atoms with Crippen LogP contribution in [0, 0.1) is 5.82 Å². The molecule has 2 aromatic carbocycles. The zero-order chi connectivity index (χ0) is 15.4. The molecule has 2 rings (SSSR count). The molecule has 112 valence electrons. The van der Waals surface area contributed by atoms with Crippen molar-refractivity contribution in [1.82, 2.24) is 0 Å². The van der Waals surface area contributed by atoms with Crippen molar-refractivity contribution in [3.63, 3.8) is 0 Å². The van der Waals surface area contributed by atoms with Crippen LogP contribution in [-0.4, -0.2) is 7.11 Å². The van der Waals surface area contributed by atoms with Gasteiger partial charge in [0.2, 0.25) is 0 Å². The van der Waals surface area contributed by atoms with Gasteiger partial charge < -0.3 is 15.2 Å². The van der Waals surface area contributed by atoms with Crippen molar-refractivity contribution in [2.45, 2.75) is 13.2 Å². The molecule has 21 heavy (non-hydrogen) atoms. The number of benzene rings is 2. The molecule has 0 heterocycles. The van der Waals surface area contributed by atoms with Crippen LogP contribution in [0.15, 0.2) is 30.3 Å². The van der Waals surface area contributed by atoms with E-state index >= 15 is 0 Å². The number of rotatable bonds is 5. The number of halogens is 3. The summed E-state index contributed by atoms with van der Waals surface area (Å²) >= 11 is 12.0. The number of nitrogens with two attached hydrogens (primary N) is 1. The van der Waals surface area contributed by atoms with Crippen molar-refractivity contribution in [1.29, 1.82) is 0 Å². The molecule has 0 saturated carbocycles. The van der Waals surface area contributed by atoms with Crippen molar-refractivity contribution in [2.24, 2.45) is 5.73 Å². The van der Waals surface area contributed by atoms with E-state index in [0.29, 0.717) is 26.9 Å². The Labute approximate surface area is 132 Å². The van der Waals surface area contributed by atoms with Gasteiger partial charge in [-0.2, -0.15) is 0 Å². The first-order valence-corrected chi connectivity index (χ1v) is 6.94. The molecule has 0 spiro atoms. The summed E-state index contributed by atoms with van der Waals surface area (Å²) in [6.45, 7) is 0.230. The number of ether oxygens (including phenoxy) is 2. The average molecular weight is 330 g/mol. The predicted octanol–water partition coefficient (Wildman–Crippen LogP) is 4.18. The van der Waals surface area contributed by atoms with Crippen LogP contribution in [0.4, 0.5) is 4.39 Å². The lowest BCUT2D eigenvalue weighted by atomic mass is 10.2. The SMILES string of the molecule is COc1cccc(COc2c(Cl)cc(Cl)cc2CN)c1F. The zero-order valence-electron chi connectivity index (χ0n) is 11.3. The molecule has 0 radical (unpaired) electrons. The lowest BCUT2D eigenvalue weighted by Gasteiger charge is -2.14. The molecular formula is C15H14Cl2FNO2. The Balaban J connectivity index is 2.25. The van der Waals surface area contributed by atoms with E-state index in [9.17, 15) is 4.39 Å². The summed E-state index contributed by atoms with van der Waals surface area (Å²) < 4.78 is 24.6. The highest BCUT2D eigenvalue weighted by Crippen LogP contribution is 2.33.